The van der Waals surface area contributed by atoms with Gasteiger partial charge >= 0.3 is 0 Å². The number of hydrogen-bond acceptors (Lipinski definition) is 4. The highest BCUT2D eigenvalue weighted by molar-refractivity contribution is 5.73. The van der Waals surface area contributed by atoms with Crippen LogP contribution < -0.4 is 0 Å². The predicted molar refractivity (Wildman–Crippen MR) is 101 cm³/mol. The van der Waals surface area contributed by atoms with Gasteiger partial charge in [0.05, 0.1) is 0 Å². The number of piperidine rings is 1. The van der Waals surface area contributed by atoms with Gasteiger partial charge in [-0.15, -0.1) is 10.2 Å². The van der Waals surface area contributed by atoms with E-state index in [-0.39, 0.29) is 5.91 Å². The SMILES string of the molecule is CC(=O)N1CCc2nnc(C3CCN(C4CCCCCC4)CC3)n2CC1. The van der Waals surface area contributed by atoms with Crippen LogP contribution in [0.2, 0.25) is 0 Å². The molecule has 2 fully saturated rings. The lowest BCUT2D eigenvalue weighted by atomic mass is 9.93. The molecule has 0 aromatic carbocycles. The second-order valence-electron chi connectivity index (χ2n) is 8.34. The third kappa shape index (κ3) is 3.80. The van der Waals surface area contributed by atoms with Crippen molar-refractivity contribution in [2.24, 2.45) is 0 Å². The van der Waals surface area contributed by atoms with E-state index in [0.717, 1.165) is 37.9 Å². The van der Waals surface area contributed by atoms with Crippen molar-refractivity contribution in [3.05, 3.63) is 11.6 Å². The van der Waals surface area contributed by atoms with Gasteiger partial charge in [0.2, 0.25) is 5.91 Å². The molecule has 6 heteroatoms. The molecule has 3 heterocycles. The Hall–Kier alpha value is -1.43. The van der Waals surface area contributed by atoms with E-state index in [1.54, 1.807) is 6.92 Å². The van der Waals surface area contributed by atoms with Crippen LogP contribution in [0, 0.1) is 0 Å². The molecule has 0 N–H and O–H groups in total. The number of amides is 1. The number of aromatic nitrogens is 3. The normalized spacial score (nSPS) is 24.1. The first-order valence-electron chi connectivity index (χ1n) is 10.6. The van der Waals surface area contributed by atoms with E-state index in [4.69, 9.17) is 0 Å². The molecule has 26 heavy (non-hydrogen) atoms. The van der Waals surface area contributed by atoms with Crippen molar-refractivity contribution in [2.45, 2.75) is 83.2 Å². The number of nitrogens with zero attached hydrogens (tertiary/aromatic N) is 5. The summed E-state index contributed by atoms with van der Waals surface area (Å²) < 4.78 is 2.31. The number of fused-ring (bicyclic) bond motifs is 1. The first kappa shape index (κ1) is 18.0. The summed E-state index contributed by atoms with van der Waals surface area (Å²) in [4.78, 5) is 16.4. The molecule has 3 aliphatic rings. The van der Waals surface area contributed by atoms with Gasteiger partial charge in [-0.05, 0) is 38.8 Å². The summed E-state index contributed by atoms with van der Waals surface area (Å²) in [6, 6.07) is 0.818. The number of hydrogen-bond donors (Lipinski definition) is 0. The average Bonchev–Trinajstić information content (AvgIpc) is 2.85. The molecule has 1 aromatic rings. The molecule has 4 rings (SSSR count). The van der Waals surface area contributed by atoms with Crippen LogP contribution in [0.15, 0.2) is 0 Å². The molecule has 0 radical (unpaired) electrons. The molecule has 1 saturated heterocycles. The molecule has 0 atom stereocenters. The highest BCUT2D eigenvalue weighted by Gasteiger charge is 2.30. The maximum atomic E-state index is 11.7. The summed E-state index contributed by atoms with van der Waals surface area (Å²) in [7, 11) is 0. The Kier molecular flexibility index (Phi) is 5.57. The second kappa shape index (κ2) is 8.07. The number of rotatable bonds is 2. The Labute approximate surface area is 156 Å². The molecule has 0 bridgehead atoms. The molecule has 144 valence electrons. The van der Waals surface area contributed by atoms with Gasteiger partial charge in [0.25, 0.3) is 0 Å². The van der Waals surface area contributed by atoms with Gasteiger partial charge in [-0.25, -0.2) is 0 Å². The van der Waals surface area contributed by atoms with Crippen LogP contribution >= 0.6 is 0 Å². The van der Waals surface area contributed by atoms with E-state index in [1.807, 2.05) is 4.90 Å². The topological polar surface area (TPSA) is 54.3 Å². The van der Waals surface area contributed by atoms with Crippen molar-refractivity contribution in [3.8, 4) is 0 Å². The van der Waals surface area contributed by atoms with Crippen LogP contribution in [0.3, 0.4) is 0 Å². The molecular formula is C20H33N5O. The Balaban J connectivity index is 1.38. The molecule has 2 aliphatic heterocycles. The molecule has 0 spiro atoms. The van der Waals surface area contributed by atoms with Crippen LogP contribution in [0.25, 0.3) is 0 Å². The van der Waals surface area contributed by atoms with Gasteiger partial charge in [0.15, 0.2) is 0 Å². The van der Waals surface area contributed by atoms with Crippen LogP contribution in [0.4, 0.5) is 0 Å². The minimum Gasteiger partial charge on any atom is -0.341 e. The van der Waals surface area contributed by atoms with Crippen molar-refractivity contribution in [2.75, 3.05) is 26.2 Å². The number of likely N-dealkylation sites (tertiary alicyclic amines) is 1. The van der Waals surface area contributed by atoms with Crippen molar-refractivity contribution in [1.29, 1.82) is 0 Å². The molecule has 6 nitrogen and oxygen atoms in total. The fourth-order valence-electron chi connectivity index (χ4n) is 5.11. The summed E-state index contributed by atoms with van der Waals surface area (Å²) in [6.45, 7) is 6.48. The quantitative estimate of drug-likeness (QED) is 0.762. The zero-order chi connectivity index (χ0) is 17.9. The largest absolute Gasteiger partial charge is 0.341 e. The van der Waals surface area contributed by atoms with Crippen LogP contribution in [0.5, 0.6) is 0 Å². The smallest absolute Gasteiger partial charge is 0.219 e. The third-order valence-electron chi connectivity index (χ3n) is 6.74. The van der Waals surface area contributed by atoms with Gasteiger partial charge < -0.3 is 14.4 Å². The van der Waals surface area contributed by atoms with Gasteiger partial charge in [0, 0.05) is 44.9 Å². The van der Waals surface area contributed by atoms with Crippen LogP contribution in [0.1, 0.15) is 75.9 Å². The Morgan fingerprint density at radius 3 is 2.31 bits per heavy atom. The predicted octanol–water partition coefficient (Wildman–Crippen LogP) is 2.58. The Morgan fingerprint density at radius 2 is 1.62 bits per heavy atom. The van der Waals surface area contributed by atoms with E-state index < -0.39 is 0 Å². The minimum absolute atomic E-state index is 0.168. The zero-order valence-electron chi connectivity index (χ0n) is 16.2. The van der Waals surface area contributed by atoms with Gasteiger partial charge in [-0.2, -0.15) is 0 Å². The van der Waals surface area contributed by atoms with E-state index in [0.29, 0.717) is 5.92 Å². The Morgan fingerprint density at radius 1 is 0.885 bits per heavy atom. The monoisotopic (exact) mass is 359 g/mol. The van der Waals surface area contributed by atoms with E-state index in [1.165, 1.54) is 70.3 Å². The van der Waals surface area contributed by atoms with Crippen molar-refractivity contribution in [3.63, 3.8) is 0 Å². The third-order valence-corrected chi connectivity index (χ3v) is 6.74. The van der Waals surface area contributed by atoms with Gasteiger partial charge in [-0.1, -0.05) is 25.7 Å². The fourth-order valence-corrected chi connectivity index (χ4v) is 5.11. The maximum Gasteiger partial charge on any atom is 0.219 e. The minimum atomic E-state index is 0.168. The lowest BCUT2D eigenvalue weighted by Crippen LogP contribution is -2.41. The summed E-state index contributed by atoms with van der Waals surface area (Å²) in [5.74, 6) is 2.94. The lowest BCUT2D eigenvalue weighted by Gasteiger charge is -2.37. The van der Waals surface area contributed by atoms with Crippen molar-refractivity contribution in [1.82, 2.24) is 24.6 Å². The lowest BCUT2D eigenvalue weighted by molar-refractivity contribution is -0.128. The summed E-state index contributed by atoms with van der Waals surface area (Å²) in [5.41, 5.74) is 0. The first-order valence-corrected chi connectivity index (χ1v) is 10.6. The van der Waals surface area contributed by atoms with Crippen molar-refractivity contribution < 1.29 is 4.79 Å². The zero-order valence-corrected chi connectivity index (χ0v) is 16.2. The Bertz CT molecular complexity index is 612. The number of carbonyl (C=O) groups is 1. The maximum absolute atomic E-state index is 11.7. The fraction of sp³-hybridized carbons (Fsp3) is 0.850. The van der Waals surface area contributed by atoms with Crippen molar-refractivity contribution >= 4 is 5.91 Å². The van der Waals surface area contributed by atoms with Gasteiger partial charge in [-0.3, -0.25) is 4.79 Å². The molecule has 1 aromatic heterocycles. The summed E-state index contributed by atoms with van der Waals surface area (Å²) in [6.07, 6.45) is 11.7. The highest BCUT2D eigenvalue weighted by Crippen LogP contribution is 2.31. The first-order chi connectivity index (χ1) is 12.7. The average molecular weight is 360 g/mol. The molecular weight excluding hydrogens is 326 g/mol. The molecule has 1 saturated carbocycles. The van der Waals surface area contributed by atoms with Crippen LogP contribution in [-0.2, 0) is 17.8 Å². The molecule has 0 unspecified atom stereocenters. The molecule has 1 amide bonds. The number of carbonyl (C=O) groups excluding carboxylic acids is 1. The van der Waals surface area contributed by atoms with Crippen LogP contribution in [-0.4, -0.2) is 62.7 Å². The summed E-state index contributed by atoms with van der Waals surface area (Å²) in [5, 5.41) is 9.04. The van der Waals surface area contributed by atoms with Gasteiger partial charge in [0.1, 0.15) is 11.6 Å². The van der Waals surface area contributed by atoms with E-state index >= 15 is 0 Å². The van der Waals surface area contributed by atoms with E-state index in [9.17, 15) is 4.79 Å². The second-order valence-corrected chi connectivity index (χ2v) is 8.34. The summed E-state index contributed by atoms with van der Waals surface area (Å²) >= 11 is 0. The highest BCUT2D eigenvalue weighted by atomic mass is 16.2. The van der Waals surface area contributed by atoms with E-state index in [2.05, 4.69) is 19.7 Å². The molecule has 1 aliphatic carbocycles. The standard InChI is InChI=1S/C20H33N5O/c1-16(26)23-13-10-19-21-22-20(25(19)15-14-23)17-8-11-24(12-9-17)18-6-4-2-3-5-7-18/h17-18H,2-15H2,1H3.